The lowest BCUT2D eigenvalue weighted by Gasteiger charge is -2.08. The van der Waals surface area contributed by atoms with Crippen molar-refractivity contribution in [2.45, 2.75) is 62.7 Å². The molecule has 0 bridgehead atoms. The minimum Gasteiger partial charge on any atom is -0.456 e. The molecule has 3 aromatic carbocycles. The van der Waals surface area contributed by atoms with Gasteiger partial charge in [0, 0.05) is 23.0 Å². The standard InChI is InChI=1S/C33H28F2N4O2/c34-22-6-1-20(12-22)32-36-15-26(38-32)18-3-8-24-17(11-18)5-10-28-30(24)31(40)25-9-4-19(14-29(25)41-28)27-16-37-33(39-27)21-2-7-23(35)13-21/h3-5,8-11,14-16,20-23H,1-2,6-7,12-13H2,(H,36,38)(H,37,39)/t20-,21-,22-,23-/m0/s1. The van der Waals surface area contributed by atoms with Crippen LogP contribution in [0.15, 0.2) is 70.1 Å². The number of imidazole rings is 2. The van der Waals surface area contributed by atoms with Gasteiger partial charge in [0.15, 0.2) is 0 Å². The lowest BCUT2D eigenvalue weighted by Crippen LogP contribution is -2.03. The first kappa shape index (κ1) is 24.5. The Morgan fingerprint density at radius 1 is 0.707 bits per heavy atom. The summed E-state index contributed by atoms with van der Waals surface area (Å²) < 4.78 is 33.7. The maximum absolute atomic E-state index is 13.7. The number of hydrogen-bond acceptors (Lipinski definition) is 4. The second kappa shape index (κ2) is 9.36. The number of nitrogens with one attached hydrogen (secondary N) is 2. The molecule has 6 nitrogen and oxygen atoms in total. The fraction of sp³-hybridized carbons (Fsp3) is 0.303. The van der Waals surface area contributed by atoms with Gasteiger partial charge in [-0.15, -0.1) is 0 Å². The summed E-state index contributed by atoms with van der Waals surface area (Å²) in [6, 6.07) is 15.3. The fourth-order valence-corrected chi connectivity index (χ4v) is 6.74. The molecule has 8 rings (SSSR count). The third kappa shape index (κ3) is 4.15. The molecule has 2 N–H and O–H groups in total. The molecule has 0 unspecified atom stereocenters. The lowest BCUT2D eigenvalue weighted by atomic mass is 10.0. The van der Waals surface area contributed by atoms with E-state index in [1.54, 1.807) is 18.5 Å². The maximum Gasteiger partial charge on any atom is 0.201 e. The topological polar surface area (TPSA) is 87.6 Å². The number of fused-ring (bicyclic) bond motifs is 4. The third-order valence-corrected chi connectivity index (χ3v) is 8.98. The van der Waals surface area contributed by atoms with E-state index in [0.29, 0.717) is 47.6 Å². The molecule has 206 valence electrons. The van der Waals surface area contributed by atoms with E-state index in [4.69, 9.17) is 4.42 Å². The summed E-state index contributed by atoms with van der Waals surface area (Å²) in [5, 5.41) is 2.80. The van der Waals surface area contributed by atoms with E-state index in [1.807, 2.05) is 42.5 Å². The summed E-state index contributed by atoms with van der Waals surface area (Å²) in [6.07, 6.45) is 5.87. The number of nitrogens with zero attached hydrogens (tertiary/aromatic N) is 2. The Balaban J connectivity index is 1.15. The minimum atomic E-state index is -0.758. The second-order valence-corrected chi connectivity index (χ2v) is 11.6. The van der Waals surface area contributed by atoms with Crippen molar-refractivity contribution in [3.05, 3.63) is 82.8 Å². The van der Waals surface area contributed by atoms with Gasteiger partial charge in [0.1, 0.15) is 35.2 Å². The average Bonchev–Trinajstić information content (AvgIpc) is 3.79. The van der Waals surface area contributed by atoms with Gasteiger partial charge in [-0.2, -0.15) is 0 Å². The molecule has 0 saturated heterocycles. The van der Waals surface area contributed by atoms with Gasteiger partial charge in [-0.1, -0.05) is 24.3 Å². The van der Waals surface area contributed by atoms with E-state index in [2.05, 4.69) is 19.9 Å². The van der Waals surface area contributed by atoms with Crippen molar-refractivity contribution in [3.8, 4) is 22.5 Å². The highest BCUT2D eigenvalue weighted by Crippen LogP contribution is 2.37. The van der Waals surface area contributed by atoms with Crippen molar-refractivity contribution >= 4 is 32.7 Å². The van der Waals surface area contributed by atoms with Crippen LogP contribution in [-0.4, -0.2) is 32.3 Å². The molecule has 6 aromatic rings. The van der Waals surface area contributed by atoms with Crippen LogP contribution in [0.3, 0.4) is 0 Å². The Bertz CT molecular complexity index is 2010. The van der Waals surface area contributed by atoms with Gasteiger partial charge in [-0.3, -0.25) is 4.79 Å². The van der Waals surface area contributed by atoms with Crippen molar-refractivity contribution in [3.63, 3.8) is 0 Å². The van der Waals surface area contributed by atoms with Crippen LogP contribution < -0.4 is 5.43 Å². The predicted octanol–water partition coefficient (Wildman–Crippen LogP) is 8.09. The number of alkyl halides is 2. The van der Waals surface area contributed by atoms with Gasteiger partial charge < -0.3 is 14.4 Å². The van der Waals surface area contributed by atoms with Crippen LogP contribution in [0.4, 0.5) is 8.78 Å². The van der Waals surface area contributed by atoms with Crippen LogP contribution in [0, 0.1) is 0 Å². The highest BCUT2D eigenvalue weighted by Gasteiger charge is 2.28. The molecule has 0 amide bonds. The summed E-state index contributed by atoms with van der Waals surface area (Å²) in [5.41, 5.74) is 4.46. The number of hydrogen-bond donors (Lipinski definition) is 2. The number of aromatic nitrogens is 4. The van der Waals surface area contributed by atoms with Crippen LogP contribution in [-0.2, 0) is 0 Å². The number of aromatic amines is 2. The third-order valence-electron chi connectivity index (χ3n) is 8.98. The Morgan fingerprint density at radius 2 is 1.32 bits per heavy atom. The number of benzene rings is 3. The summed E-state index contributed by atoms with van der Waals surface area (Å²) in [6.45, 7) is 0. The Labute approximate surface area is 233 Å². The smallest absolute Gasteiger partial charge is 0.201 e. The molecule has 3 aromatic heterocycles. The zero-order valence-corrected chi connectivity index (χ0v) is 22.3. The van der Waals surface area contributed by atoms with Gasteiger partial charge in [-0.25, -0.2) is 18.7 Å². The SMILES string of the molecule is O=c1c2ccc(-c3cnc([C@H]4CC[C@H](F)C4)[nH]3)cc2oc2ccc3cc(-c4cnc([C@H]5CC[C@H](F)C5)[nH]4)ccc3c12. The second-order valence-electron chi connectivity index (χ2n) is 11.6. The molecule has 3 heterocycles. The van der Waals surface area contributed by atoms with Gasteiger partial charge in [0.2, 0.25) is 5.43 Å². The van der Waals surface area contributed by atoms with E-state index in [-0.39, 0.29) is 17.3 Å². The normalized spacial score (nSPS) is 22.9. The molecule has 0 aliphatic heterocycles. The quantitative estimate of drug-likeness (QED) is 0.172. The summed E-state index contributed by atoms with van der Waals surface area (Å²) in [4.78, 5) is 29.5. The number of rotatable bonds is 4. The Morgan fingerprint density at radius 3 is 1.93 bits per heavy atom. The minimum absolute atomic E-state index is 0.0813. The van der Waals surface area contributed by atoms with Gasteiger partial charge in [-0.05, 0) is 73.6 Å². The Kier molecular flexibility index (Phi) is 5.59. The summed E-state index contributed by atoms with van der Waals surface area (Å²) in [5.74, 6) is 1.89. The number of H-pyrrole nitrogens is 2. The van der Waals surface area contributed by atoms with E-state index in [1.165, 1.54) is 0 Å². The number of halogens is 2. The maximum atomic E-state index is 13.7. The first-order valence-electron chi connectivity index (χ1n) is 14.3. The molecule has 2 aliphatic carbocycles. The van der Waals surface area contributed by atoms with Crippen LogP contribution >= 0.6 is 0 Å². The van der Waals surface area contributed by atoms with Gasteiger partial charge >= 0.3 is 0 Å². The van der Waals surface area contributed by atoms with Gasteiger partial charge in [0.05, 0.1) is 34.6 Å². The highest BCUT2D eigenvalue weighted by atomic mass is 19.1. The molecule has 0 radical (unpaired) electrons. The summed E-state index contributed by atoms with van der Waals surface area (Å²) in [7, 11) is 0. The van der Waals surface area contributed by atoms with Crippen LogP contribution in [0.5, 0.6) is 0 Å². The van der Waals surface area contributed by atoms with E-state index in [9.17, 15) is 13.6 Å². The monoisotopic (exact) mass is 550 g/mol. The average molecular weight is 551 g/mol. The molecular weight excluding hydrogens is 522 g/mol. The zero-order valence-electron chi connectivity index (χ0n) is 22.3. The summed E-state index contributed by atoms with van der Waals surface area (Å²) >= 11 is 0. The van der Waals surface area contributed by atoms with Crippen molar-refractivity contribution in [2.75, 3.05) is 0 Å². The van der Waals surface area contributed by atoms with Crippen molar-refractivity contribution in [2.24, 2.45) is 0 Å². The molecule has 4 atom stereocenters. The fourth-order valence-electron chi connectivity index (χ4n) is 6.74. The van der Waals surface area contributed by atoms with Crippen LogP contribution in [0.2, 0.25) is 0 Å². The van der Waals surface area contributed by atoms with E-state index >= 15 is 0 Å². The largest absolute Gasteiger partial charge is 0.456 e. The van der Waals surface area contributed by atoms with Crippen molar-refractivity contribution in [1.29, 1.82) is 0 Å². The molecule has 41 heavy (non-hydrogen) atoms. The van der Waals surface area contributed by atoms with Crippen molar-refractivity contribution < 1.29 is 13.2 Å². The molecule has 2 aliphatic rings. The van der Waals surface area contributed by atoms with Gasteiger partial charge in [0.25, 0.3) is 0 Å². The Hall–Kier alpha value is -4.33. The zero-order chi connectivity index (χ0) is 27.7. The van der Waals surface area contributed by atoms with E-state index in [0.717, 1.165) is 57.8 Å². The molecule has 2 saturated carbocycles. The van der Waals surface area contributed by atoms with Crippen LogP contribution in [0.25, 0.3) is 55.2 Å². The van der Waals surface area contributed by atoms with Crippen LogP contribution in [0.1, 0.15) is 62.0 Å². The molecule has 0 spiro atoms. The van der Waals surface area contributed by atoms with E-state index < -0.39 is 12.3 Å². The van der Waals surface area contributed by atoms with Crippen molar-refractivity contribution in [1.82, 2.24) is 19.9 Å². The molecular formula is C33H28F2N4O2. The lowest BCUT2D eigenvalue weighted by molar-refractivity contribution is 0.338. The highest BCUT2D eigenvalue weighted by molar-refractivity contribution is 6.09. The first-order chi connectivity index (χ1) is 20.0. The molecule has 8 heteroatoms. The molecule has 2 fully saturated rings. The first-order valence-corrected chi connectivity index (χ1v) is 14.3. The predicted molar refractivity (Wildman–Crippen MR) is 156 cm³/mol.